The van der Waals surface area contributed by atoms with Gasteiger partial charge in [-0.2, -0.15) is 0 Å². The summed E-state index contributed by atoms with van der Waals surface area (Å²) in [6, 6.07) is 6.39. The number of aryl methyl sites for hydroxylation is 2. The van der Waals surface area contributed by atoms with Crippen molar-refractivity contribution < 1.29 is 14.6 Å². The predicted octanol–water partition coefficient (Wildman–Crippen LogP) is 2.06. The molecule has 1 aromatic carbocycles. The van der Waals surface area contributed by atoms with E-state index in [1.165, 1.54) is 11.1 Å². The fourth-order valence-corrected chi connectivity index (χ4v) is 2.00. The molecule has 4 nitrogen and oxygen atoms in total. The molecular weight excluding hydrogens is 254 g/mol. The average Bonchev–Trinajstić information content (AvgIpc) is 2.39. The number of aliphatic hydroxyl groups is 1. The maximum atomic E-state index is 9.90. The third-order valence-corrected chi connectivity index (χ3v) is 3.09. The summed E-state index contributed by atoms with van der Waals surface area (Å²) in [5.41, 5.74) is 2.33. The molecule has 0 bridgehead atoms. The van der Waals surface area contributed by atoms with Gasteiger partial charge in [0, 0.05) is 26.3 Å². The summed E-state index contributed by atoms with van der Waals surface area (Å²) in [6.07, 6.45) is 0.419. The maximum Gasteiger partial charge on any atom is 0.119 e. The first-order chi connectivity index (χ1) is 9.51. The number of nitrogens with one attached hydrogen (secondary N) is 1. The second-order valence-electron chi connectivity index (χ2n) is 5.38. The number of ether oxygens (including phenoxy) is 2. The molecule has 0 aliphatic heterocycles. The van der Waals surface area contributed by atoms with Crippen LogP contribution in [0.5, 0.6) is 5.75 Å². The van der Waals surface area contributed by atoms with Crippen LogP contribution in [0.15, 0.2) is 18.2 Å². The fraction of sp³-hybridized carbons (Fsp3) is 0.625. The zero-order chi connectivity index (χ0) is 15.0. The minimum atomic E-state index is -0.513. The van der Waals surface area contributed by atoms with Crippen LogP contribution in [0.2, 0.25) is 0 Å². The van der Waals surface area contributed by atoms with Crippen molar-refractivity contribution in [3.8, 4) is 5.75 Å². The third-order valence-electron chi connectivity index (χ3n) is 3.09. The van der Waals surface area contributed by atoms with E-state index in [0.717, 1.165) is 18.8 Å². The molecule has 4 heteroatoms. The number of hydrogen-bond acceptors (Lipinski definition) is 4. The molecule has 2 unspecified atom stereocenters. The van der Waals surface area contributed by atoms with Crippen molar-refractivity contribution in [3.05, 3.63) is 29.3 Å². The van der Waals surface area contributed by atoms with Gasteiger partial charge in [-0.3, -0.25) is 0 Å². The fourth-order valence-electron chi connectivity index (χ4n) is 2.00. The molecule has 0 fully saturated rings. The van der Waals surface area contributed by atoms with E-state index in [-0.39, 0.29) is 0 Å². The van der Waals surface area contributed by atoms with Gasteiger partial charge in [-0.1, -0.05) is 6.07 Å². The van der Waals surface area contributed by atoms with Crippen molar-refractivity contribution >= 4 is 0 Å². The highest BCUT2D eigenvalue weighted by molar-refractivity contribution is 5.32. The Hall–Kier alpha value is -1.10. The molecule has 0 saturated heterocycles. The number of rotatable bonds is 9. The van der Waals surface area contributed by atoms with Gasteiger partial charge in [-0.15, -0.1) is 0 Å². The summed E-state index contributed by atoms with van der Waals surface area (Å²) in [7, 11) is 1.69. The Balaban J connectivity index is 2.27. The van der Waals surface area contributed by atoms with Gasteiger partial charge in [0.2, 0.25) is 0 Å². The molecule has 0 aliphatic rings. The number of methoxy groups -OCH3 is 1. The minimum Gasteiger partial charge on any atom is -0.491 e. The highest BCUT2D eigenvalue weighted by Gasteiger charge is 2.08. The molecule has 2 atom stereocenters. The lowest BCUT2D eigenvalue weighted by Gasteiger charge is -2.17. The first-order valence-corrected chi connectivity index (χ1v) is 7.12. The second kappa shape index (κ2) is 8.95. The van der Waals surface area contributed by atoms with Crippen molar-refractivity contribution in [1.82, 2.24) is 5.32 Å². The lowest BCUT2D eigenvalue weighted by atomic mass is 10.1. The Bertz CT molecular complexity index is 375. The van der Waals surface area contributed by atoms with Gasteiger partial charge in [0.05, 0.1) is 0 Å². The van der Waals surface area contributed by atoms with Gasteiger partial charge >= 0.3 is 0 Å². The summed E-state index contributed by atoms with van der Waals surface area (Å²) in [5.74, 6) is 0.814. The summed E-state index contributed by atoms with van der Waals surface area (Å²) in [5, 5.41) is 13.2. The first-order valence-electron chi connectivity index (χ1n) is 7.12. The highest BCUT2D eigenvalue weighted by Crippen LogP contribution is 2.16. The third kappa shape index (κ3) is 6.89. The molecule has 0 saturated carbocycles. The number of benzene rings is 1. The molecule has 0 aliphatic carbocycles. The SMILES string of the molecule is COCCC(C)NCC(O)COc1cc(C)cc(C)c1. The topological polar surface area (TPSA) is 50.7 Å². The van der Waals surface area contributed by atoms with E-state index < -0.39 is 6.10 Å². The van der Waals surface area contributed by atoms with E-state index in [9.17, 15) is 5.11 Å². The Morgan fingerprint density at radius 1 is 1.20 bits per heavy atom. The van der Waals surface area contributed by atoms with Crippen LogP contribution in [0.3, 0.4) is 0 Å². The van der Waals surface area contributed by atoms with Gasteiger partial charge in [0.1, 0.15) is 18.5 Å². The van der Waals surface area contributed by atoms with E-state index in [1.807, 2.05) is 26.0 Å². The molecule has 20 heavy (non-hydrogen) atoms. The smallest absolute Gasteiger partial charge is 0.119 e. The van der Waals surface area contributed by atoms with E-state index in [2.05, 4.69) is 18.3 Å². The van der Waals surface area contributed by atoms with Crippen molar-refractivity contribution in [1.29, 1.82) is 0 Å². The second-order valence-corrected chi connectivity index (χ2v) is 5.38. The number of hydrogen-bond donors (Lipinski definition) is 2. The van der Waals surface area contributed by atoms with Crippen LogP contribution < -0.4 is 10.1 Å². The van der Waals surface area contributed by atoms with Gasteiger partial charge < -0.3 is 19.9 Å². The summed E-state index contributed by atoms with van der Waals surface area (Å²) in [4.78, 5) is 0. The number of aliphatic hydroxyl groups excluding tert-OH is 1. The minimum absolute atomic E-state index is 0.299. The predicted molar refractivity (Wildman–Crippen MR) is 81.4 cm³/mol. The molecule has 2 N–H and O–H groups in total. The van der Waals surface area contributed by atoms with Crippen molar-refractivity contribution in [3.63, 3.8) is 0 Å². The normalized spacial score (nSPS) is 14.1. The van der Waals surface area contributed by atoms with Crippen LogP contribution in [0, 0.1) is 13.8 Å². The van der Waals surface area contributed by atoms with Gasteiger partial charge in [0.25, 0.3) is 0 Å². The van der Waals surface area contributed by atoms with E-state index in [4.69, 9.17) is 9.47 Å². The molecule has 0 radical (unpaired) electrons. The maximum absolute atomic E-state index is 9.90. The van der Waals surface area contributed by atoms with Gasteiger partial charge in [0.15, 0.2) is 0 Å². The highest BCUT2D eigenvalue weighted by atomic mass is 16.5. The molecule has 0 aromatic heterocycles. The molecule has 0 amide bonds. The van der Waals surface area contributed by atoms with Crippen LogP contribution in [0.25, 0.3) is 0 Å². The zero-order valence-electron chi connectivity index (χ0n) is 13.0. The Labute approximate surface area is 122 Å². The van der Waals surface area contributed by atoms with E-state index >= 15 is 0 Å². The average molecular weight is 281 g/mol. The van der Waals surface area contributed by atoms with Crippen LogP contribution in [0.4, 0.5) is 0 Å². The zero-order valence-corrected chi connectivity index (χ0v) is 13.0. The Morgan fingerprint density at radius 3 is 2.45 bits per heavy atom. The monoisotopic (exact) mass is 281 g/mol. The Morgan fingerprint density at radius 2 is 1.85 bits per heavy atom. The van der Waals surface area contributed by atoms with Crippen LogP contribution in [0.1, 0.15) is 24.5 Å². The Kier molecular flexibility index (Phi) is 7.59. The lowest BCUT2D eigenvalue weighted by Crippen LogP contribution is -2.37. The quantitative estimate of drug-likeness (QED) is 0.727. The summed E-state index contributed by atoms with van der Waals surface area (Å²) >= 11 is 0. The van der Waals surface area contributed by atoms with E-state index in [0.29, 0.717) is 19.2 Å². The lowest BCUT2D eigenvalue weighted by molar-refractivity contribution is 0.102. The molecule has 0 heterocycles. The standard InChI is InChI=1S/C16H27NO3/c1-12-7-13(2)9-16(8-12)20-11-15(18)10-17-14(3)5-6-19-4/h7-9,14-15,17-18H,5-6,10-11H2,1-4H3. The van der Waals surface area contributed by atoms with Crippen molar-refractivity contribution in [2.45, 2.75) is 39.3 Å². The first kappa shape index (κ1) is 17.0. The van der Waals surface area contributed by atoms with Crippen LogP contribution in [-0.2, 0) is 4.74 Å². The van der Waals surface area contributed by atoms with Gasteiger partial charge in [-0.05, 0) is 50.5 Å². The summed E-state index contributed by atoms with van der Waals surface area (Å²) < 4.78 is 10.6. The summed E-state index contributed by atoms with van der Waals surface area (Å²) in [6.45, 7) is 7.70. The largest absolute Gasteiger partial charge is 0.491 e. The molecule has 0 spiro atoms. The van der Waals surface area contributed by atoms with Gasteiger partial charge in [-0.25, -0.2) is 0 Å². The molecule has 114 valence electrons. The molecule has 1 rings (SSSR count). The molecular formula is C16H27NO3. The van der Waals surface area contributed by atoms with Crippen LogP contribution in [-0.4, -0.2) is 44.1 Å². The van der Waals surface area contributed by atoms with Crippen LogP contribution >= 0.6 is 0 Å². The molecule has 1 aromatic rings. The van der Waals surface area contributed by atoms with E-state index in [1.54, 1.807) is 7.11 Å². The van der Waals surface area contributed by atoms with Crippen molar-refractivity contribution in [2.24, 2.45) is 0 Å². The van der Waals surface area contributed by atoms with Crippen molar-refractivity contribution in [2.75, 3.05) is 26.9 Å².